The van der Waals surface area contributed by atoms with E-state index >= 15 is 0 Å². The van der Waals surface area contributed by atoms with Gasteiger partial charge in [-0.1, -0.05) is 156 Å². The number of esters is 1. The summed E-state index contributed by atoms with van der Waals surface area (Å²) >= 11 is 0. The second-order valence-electron chi connectivity index (χ2n) is 14.7. The van der Waals surface area contributed by atoms with Crippen molar-refractivity contribution in [1.82, 2.24) is 10.6 Å². The number of hydrogen-bond acceptors (Lipinski definition) is 6. The lowest BCUT2D eigenvalue weighted by Crippen LogP contribution is -2.47. The number of aliphatic hydroxyl groups is 1. The molecule has 0 aromatic carbocycles. The van der Waals surface area contributed by atoms with Gasteiger partial charge in [-0.3, -0.25) is 14.4 Å². The highest BCUT2D eigenvalue weighted by molar-refractivity contribution is 5.87. The van der Waals surface area contributed by atoms with E-state index in [4.69, 9.17) is 14.9 Å². The molecule has 0 fully saturated rings. The van der Waals surface area contributed by atoms with Gasteiger partial charge in [0, 0.05) is 12.8 Å². The third-order valence-electron chi connectivity index (χ3n) is 9.25. The summed E-state index contributed by atoms with van der Waals surface area (Å²) in [6.07, 6.45) is 60.0. The number of allylic oxidation sites excluding steroid dienone is 17. The van der Waals surface area contributed by atoms with Crippen LogP contribution in [-0.2, 0) is 23.9 Å². The summed E-state index contributed by atoms with van der Waals surface area (Å²) in [7, 11) is 0. The molecule has 0 saturated carbocycles. The fourth-order valence-electron chi connectivity index (χ4n) is 5.83. The zero-order chi connectivity index (χ0) is 44.0. The lowest BCUT2D eigenvalue weighted by atomic mass is 10.1. The van der Waals surface area contributed by atoms with Crippen LogP contribution in [0.25, 0.3) is 0 Å². The number of carboxylic acids is 1. The summed E-state index contributed by atoms with van der Waals surface area (Å²) in [5.74, 6) is -2.41. The van der Waals surface area contributed by atoms with E-state index in [2.05, 4.69) is 128 Å². The Balaban J connectivity index is 4.28. The largest absolute Gasteiger partial charge is 0.480 e. The van der Waals surface area contributed by atoms with Crippen LogP contribution in [0.5, 0.6) is 0 Å². The Kier molecular flexibility index (Phi) is 40.8. The molecule has 0 aliphatic carbocycles. The van der Waals surface area contributed by atoms with Crippen molar-refractivity contribution in [2.75, 3.05) is 13.2 Å². The molecule has 0 rings (SSSR count). The number of carbonyl (C=O) groups is 4. The summed E-state index contributed by atoms with van der Waals surface area (Å²) < 4.78 is 5.91. The van der Waals surface area contributed by atoms with E-state index in [9.17, 15) is 19.2 Å². The van der Waals surface area contributed by atoms with Crippen LogP contribution in [0.3, 0.4) is 0 Å². The van der Waals surface area contributed by atoms with Crippen LogP contribution in [0, 0.1) is 0 Å². The Bertz CT molecular complexity index is 1370. The molecule has 60 heavy (non-hydrogen) atoms. The van der Waals surface area contributed by atoms with Crippen LogP contribution in [0.4, 0.5) is 0 Å². The van der Waals surface area contributed by atoms with Gasteiger partial charge in [-0.2, -0.15) is 0 Å². The summed E-state index contributed by atoms with van der Waals surface area (Å²) in [5, 5.41) is 22.5. The zero-order valence-corrected chi connectivity index (χ0v) is 37.2. The first kappa shape index (κ1) is 55.5. The number of hydrogen-bond donors (Lipinski definition) is 4. The topological polar surface area (TPSA) is 142 Å². The van der Waals surface area contributed by atoms with Crippen molar-refractivity contribution in [3.05, 3.63) is 109 Å². The van der Waals surface area contributed by atoms with Gasteiger partial charge >= 0.3 is 11.9 Å². The Morgan fingerprint density at radius 1 is 0.517 bits per heavy atom. The van der Waals surface area contributed by atoms with Gasteiger partial charge in [0.25, 0.3) is 0 Å². The highest BCUT2D eigenvalue weighted by atomic mass is 16.5. The number of unbranched alkanes of at least 4 members (excludes halogenated alkanes) is 9. The number of aliphatic hydroxyl groups excluding tert-OH is 1. The van der Waals surface area contributed by atoms with Crippen LogP contribution in [-0.4, -0.2) is 59.3 Å². The molecule has 0 bridgehead atoms. The molecule has 0 aromatic heterocycles. The molecule has 0 spiro atoms. The van der Waals surface area contributed by atoms with Crippen molar-refractivity contribution < 1.29 is 34.1 Å². The minimum atomic E-state index is -1.39. The van der Waals surface area contributed by atoms with Crippen molar-refractivity contribution in [2.45, 2.75) is 174 Å². The monoisotopic (exact) mass is 833 g/mol. The number of ether oxygens (including phenoxy) is 1. The second kappa shape index (κ2) is 44.1. The zero-order valence-electron chi connectivity index (χ0n) is 37.2. The fourth-order valence-corrected chi connectivity index (χ4v) is 5.83. The van der Waals surface area contributed by atoms with E-state index in [-0.39, 0.29) is 30.9 Å². The fraction of sp³-hybridized carbons (Fsp3) is 0.569. The molecule has 0 aromatic rings. The van der Waals surface area contributed by atoms with Crippen molar-refractivity contribution in [2.24, 2.45) is 0 Å². The third kappa shape index (κ3) is 40.3. The molecule has 9 nitrogen and oxygen atoms in total. The van der Waals surface area contributed by atoms with E-state index < -0.39 is 24.5 Å². The summed E-state index contributed by atoms with van der Waals surface area (Å²) in [4.78, 5) is 47.5. The van der Waals surface area contributed by atoms with Gasteiger partial charge in [0.2, 0.25) is 11.8 Å². The lowest BCUT2D eigenvalue weighted by molar-refractivity contribution is -0.147. The van der Waals surface area contributed by atoms with Crippen molar-refractivity contribution in [3.63, 3.8) is 0 Å². The maximum atomic E-state index is 12.7. The number of rotatable bonds is 39. The Morgan fingerprint density at radius 2 is 0.950 bits per heavy atom. The number of carbonyl (C=O) groups excluding carboxylic acids is 3. The van der Waals surface area contributed by atoms with Crippen molar-refractivity contribution in [1.29, 1.82) is 0 Å². The maximum Gasteiger partial charge on any atom is 0.328 e. The van der Waals surface area contributed by atoms with Gasteiger partial charge < -0.3 is 25.6 Å². The van der Waals surface area contributed by atoms with Gasteiger partial charge in [0.15, 0.2) is 0 Å². The summed E-state index contributed by atoms with van der Waals surface area (Å²) in [6, 6.07) is -1.39. The first-order chi connectivity index (χ1) is 29.3. The smallest absolute Gasteiger partial charge is 0.328 e. The van der Waals surface area contributed by atoms with Crippen molar-refractivity contribution in [3.8, 4) is 0 Å². The minimum Gasteiger partial charge on any atom is -0.480 e. The molecular weight excluding hydrogens is 753 g/mol. The number of aliphatic carboxylic acids is 1. The van der Waals surface area contributed by atoms with Gasteiger partial charge in [0.1, 0.15) is 12.1 Å². The molecule has 0 radical (unpaired) electrons. The standard InChI is InChI=1S/C51H80N2O7/c1-3-5-7-9-11-13-14-15-16-17-18-19-20-21-22-23-24-25-26-27-29-35-39-43-50(57)60-46(40-36-32-28-12-10-8-6-4-2)41-37-33-30-31-34-38-42-48(55)52-44-49(56)53-47(45-54)51(58)59/h5-8,11-13,15-16,18-19,21-22,24-25,28,36,40,46-47,54H,3-4,9-10,14,17,20,23,26-27,29-35,37-39,41-45H2,1-2H3,(H,52,55)(H,53,56)(H,58,59)/b7-5-,8-6-,13-11-,16-15-,19-18-,22-21-,25-24-,28-12-,40-36-. The molecule has 0 heterocycles. The van der Waals surface area contributed by atoms with Crippen molar-refractivity contribution >= 4 is 23.8 Å². The molecule has 9 heteroatoms. The molecule has 2 atom stereocenters. The van der Waals surface area contributed by atoms with Crippen LogP contribution >= 0.6 is 0 Å². The van der Waals surface area contributed by atoms with Gasteiger partial charge in [0.05, 0.1) is 13.2 Å². The summed E-state index contributed by atoms with van der Waals surface area (Å²) in [6.45, 7) is 3.22. The predicted octanol–water partition coefficient (Wildman–Crippen LogP) is 11.6. The molecule has 2 amide bonds. The van der Waals surface area contributed by atoms with E-state index in [1.807, 2.05) is 6.08 Å². The van der Waals surface area contributed by atoms with E-state index in [0.29, 0.717) is 12.8 Å². The first-order valence-corrected chi connectivity index (χ1v) is 22.8. The average Bonchev–Trinajstić information content (AvgIpc) is 3.23. The highest BCUT2D eigenvalue weighted by Gasteiger charge is 2.18. The molecule has 336 valence electrons. The molecule has 0 aliphatic heterocycles. The number of amides is 2. The van der Waals surface area contributed by atoms with Gasteiger partial charge in [-0.15, -0.1) is 0 Å². The normalized spacial score (nSPS) is 13.5. The quantitative estimate of drug-likeness (QED) is 0.0274. The van der Waals surface area contributed by atoms with Gasteiger partial charge in [-0.25, -0.2) is 4.79 Å². The molecule has 0 aliphatic rings. The Morgan fingerprint density at radius 3 is 1.45 bits per heavy atom. The highest BCUT2D eigenvalue weighted by Crippen LogP contribution is 2.15. The molecule has 4 N–H and O–H groups in total. The van der Waals surface area contributed by atoms with E-state index in [1.54, 1.807) is 0 Å². The first-order valence-electron chi connectivity index (χ1n) is 22.8. The van der Waals surface area contributed by atoms with Crippen LogP contribution < -0.4 is 10.6 Å². The van der Waals surface area contributed by atoms with E-state index in [0.717, 1.165) is 128 Å². The number of carboxylic acid groups (broad SMARTS) is 1. The maximum absolute atomic E-state index is 12.7. The Hall–Kier alpha value is -4.50. The van der Waals surface area contributed by atoms with Crippen LogP contribution in [0.15, 0.2) is 109 Å². The molecule has 2 unspecified atom stereocenters. The number of nitrogens with one attached hydrogen (secondary N) is 2. The third-order valence-corrected chi connectivity index (χ3v) is 9.25. The SMILES string of the molecule is CC/C=C\C/C=C\C/C=C\C/C=C\C/C=C\C/C=C\CCCCCCC(=O)OC(/C=C\C/C=C\C/C=C\CC)CCCCCCCCC(=O)NCC(=O)NC(CO)C(=O)O. The summed E-state index contributed by atoms with van der Waals surface area (Å²) in [5.41, 5.74) is 0. The van der Waals surface area contributed by atoms with E-state index in [1.165, 1.54) is 0 Å². The van der Waals surface area contributed by atoms with Crippen LogP contribution in [0.1, 0.15) is 162 Å². The predicted molar refractivity (Wildman–Crippen MR) is 249 cm³/mol. The van der Waals surface area contributed by atoms with Crippen LogP contribution in [0.2, 0.25) is 0 Å². The molecule has 0 saturated heterocycles. The Labute approximate surface area is 363 Å². The average molecular weight is 833 g/mol. The van der Waals surface area contributed by atoms with Gasteiger partial charge in [-0.05, 0) is 102 Å². The molecular formula is C51H80N2O7. The second-order valence-corrected chi connectivity index (χ2v) is 14.7. The lowest BCUT2D eigenvalue weighted by Gasteiger charge is -2.14. The minimum absolute atomic E-state index is 0.132.